The highest BCUT2D eigenvalue weighted by molar-refractivity contribution is 5.99. The Morgan fingerprint density at radius 3 is 2.59 bits per heavy atom. The molecule has 0 saturated carbocycles. The summed E-state index contributed by atoms with van der Waals surface area (Å²) < 4.78 is 4.27. The quantitative estimate of drug-likeness (QED) is 0.297. The molecular weight excluding hydrogens is 396 g/mol. The molecule has 0 aliphatic rings. The third kappa shape index (κ3) is 3.50. The third-order valence-electron chi connectivity index (χ3n) is 5.64. The molecule has 6 heteroatoms. The Labute approximate surface area is 186 Å². The fourth-order valence-electron chi connectivity index (χ4n) is 4.10. The van der Waals surface area contributed by atoms with Crippen molar-refractivity contribution in [2.45, 2.75) is 20.0 Å². The number of aromatic nitrogens is 3. The number of fused-ring (bicyclic) bond motifs is 2. The molecule has 0 unspecified atom stereocenters. The summed E-state index contributed by atoms with van der Waals surface area (Å²) in [5, 5.41) is 15.0. The summed E-state index contributed by atoms with van der Waals surface area (Å²) >= 11 is 0. The minimum absolute atomic E-state index is 0.622. The Balaban J connectivity index is 1.47. The second-order valence-electron chi connectivity index (χ2n) is 7.54. The highest BCUT2D eigenvalue weighted by Gasteiger charge is 2.10. The van der Waals surface area contributed by atoms with Gasteiger partial charge in [-0.15, -0.1) is 0 Å². The van der Waals surface area contributed by atoms with Crippen molar-refractivity contribution in [1.82, 2.24) is 14.1 Å². The normalized spacial score (nSPS) is 11.4. The fourth-order valence-corrected chi connectivity index (χ4v) is 4.10. The predicted molar refractivity (Wildman–Crippen MR) is 129 cm³/mol. The van der Waals surface area contributed by atoms with Crippen LogP contribution < -0.4 is 5.43 Å². The SMILES string of the molecule is CCn1c(N/N=C\c2cn(Cc3ccccc3C#N)c3ccccc23)nc2ccccc21. The highest BCUT2D eigenvalue weighted by atomic mass is 15.4. The van der Waals surface area contributed by atoms with Crippen molar-refractivity contribution in [2.75, 3.05) is 5.43 Å². The van der Waals surface area contributed by atoms with E-state index in [4.69, 9.17) is 0 Å². The Morgan fingerprint density at radius 1 is 1.00 bits per heavy atom. The zero-order valence-electron chi connectivity index (χ0n) is 17.7. The summed E-state index contributed by atoms with van der Waals surface area (Å²) in [5.41, 5.74) is 8.93. The third-order valence-corrected chi connectivity index (χ3v) is 5.64. The lowest BCUT2D eigenvalue weighted by Crippen LogP contribution is -2.02. The molecule has 0 atom stereocenters. The van der Waals surface area contributed by atoms with Crippen LogP contribution in [0.2, 0.25) is 0 Å². The van der Waals surface area contributed by atoms with E-state index in [0.717, 1.165) is 45.6 Å². The molecule has 3 aromatic carbocycles. The molecule has 0 bridgehead atoms. The first-order valence-electron chi connectivity index (χ1n) is 10.6. The summed E-state index contributed by atoms with van der Waals surface area (Å²) in [6, 6.07) is 26.3. The number of nitriles is 1. The van der Waals surface area contributed by atoms with Crippen LogP contribution in [0.5, 0.6) is 0 Å². The summed E-state index contributed by atoms with van der Waals surface area (Å²) in [7, 11) is 0. The molecule has 0 amide bonds. The van der Waals surface area contributed by atoms with Gasteiger partial charge in [-0.1, -0.05) is 48.5 Å². The van der Waals surface area contributed by atoms with E-state index in [9.17, 15) is 5.26 Å². The molecule has 6 nitrogen and oxygen atoms in total. The highest BCUT2D eigenvalue weighted by Crippen LogP contribution is 2.23. The lowest BCUT2D eigenvalue weighted by Gasteiger charge is -2.07. The van der Waals surface area contributed by atoms with Crippen molar-refractivity contribution >= 4 is 34.1 Å². The van der Waals surface area contributed by atoms with Crippen molar-refractivity contribution in [3.63, 3.8) is 0 Å². The molecule has 0 aliphatic carbocycles. The zero-order valence-corrected chi connectivity index (χ0v) is 17.7. The van der Waals surface area contributed by atoms with Crippen molar-refractivity contribution in [2.24, 2.45) is 5.10 Å². The average molecular weight is 419 g/mol. The maximum Gasteiger partial charge on any atom is 0.224 e. The van der Waals surface area contributed by atoms with Crippen LogP contribution in [0.3, 0.4) is 0 Å². The van der Waals surface area contributed by atoms with Crippen molar-refractivity contribution in [1.29, 1.82) is 5.26 Å². The van der Waals surface area contributed by atoms with Gasteiger partial charge in [-0.25, -0.2) is 10.4 Å². The number of hydrogen-bond acceptors (Lipinski definition) is 4. The van der Waals surface area contributed by atoms with E-state index < -0.39 is 0 Å². The van der Waals surface area contributed by atoms with Gasteiger partial charge in [-0.2, -0.15) is 10.4 Å². The van der Waals surface area contributed by atoms with E-state index >= 15 is 0 Å². The first-order valence-corrected chi connectivity index (χ1v) is 10.6. The maximum atomic E-state index is 9.44. The minimum Gasteiger partial charge on any atom is -0.342 e. The van der Waals surface area contributed by atoms with Crippen molar-refractivity contribution < 1.29 is 0 Å². The average Bonchev–Trinajstić information content (AvgIpc) is 3.37. The number of anilines is 1. The second-order valence-corrected chi connectivity index (χ2v) is 7.54. The van der Waals surface area contributed by atoms with Gasteiger partial charge in [-0.05, 0) is 36.8 Å². The van der Waals surface area contributed by atoms with E-state index in [1.807, 2.05) is 60.8 Å². The van der Waals surface area contributed by atoms with Crippen LogP contribution in [-0.4, -0.2) is 20.3 Å². The lowest BCUT2D eigenvalue weighted by atomic mass is 10.1. The van der Waals surface area contributed by atoms with Gasteiger partial charge in [0.1, 0.15) is 0 Å². The lowest BCUT2D eigenvalue weighted by molar-refractivity contribution is 0.791. The number of benzene rings is 3. The Kier molecular flexibility index (Phi) is 5.14. The number of nitrogens with one attached hydrogen (secondary N) is 1. The summed E-state index contributed by atoms with van der Waals surface area (Å²) in [6.45, 7) is 3.52. The predicted octanol–water partition coefficient (Wildman–Crippen LogP) is 5.38. The molecule has 5 rings (SSSR count). The fraction of sp³-hybridized carbons (Fsp3) is 0.115. The number of hydrazone groups is 1. The van der Waals surface area contributed by atoms with Gasteiger partial charge < -0.3 is 9.13 Å². The molecule has 5 aromatic rings. The van der Waals surface area contributed by atoms with Gasteiger partial charge >= 0.3 is 0 Å². The van der Waals surface area contributed by atoms with E-state index in [1.165, 1.54) is 0 Å². The summed E-state index contributed by atoms with van der Waals surface area (Å²) in [4.78, 5) is 4.66. The number of nitrogens with zero attached hydrogens (tertiary/aromatic N) is 5. The molecule has 2 heterocycles. The van der Waals surface area contributed by atoms with Crippen LogP contribution in [0.4, 0.5) is 5.95 Å². The maximum absolute atomic E-state index is 9.44. The van der Waals surface area contributed by atoms with Crippen molar-refractivity contribution in [3.05, 3.63) is 95.7 Å². The molecule has 0 fully saturated rings. The standard InChI is InChI=1S/C26H22N6/c1-2-32-25-14-8-6-12-23(25)29-26(32)30-28-16-21-18-31(24-13-7-5-11-22(21)24)17-20-10-4-3-9-19(20)15-27/h3-14,16,18H,2,17H2,1H3,(H,29,30)/b28-16-. The molecular formula is C26H22N6. The van der Waals surface area contributed by atoms with E-state index in [0.29, 0.717) is 12.1 Å². The van der Waals surface area contributed by atoms with Gasteiger partial charge in [-0.3, -0.25) is 0 Å². The van der Waals surface area contributed by atoms with Crippen LogP contribution >= 0.6 is 0 Å². The molecule has 0 aliphatic heterocycles. The van der Waals surface area contributed by atoms with Crippen LogP contribution in [0.1, 0.15) is 23.6 Å². The first-order chi connectivity index (χ1) is 15.8. The molecule has 156 valence electrons. The Morgan fingerprint density at radius 2 is 1.75 bits per heavy atom. The first kappa shape index (κ1) is 19.6. The molecule has 0 spiro atoms. The number of aryl methyl sites for hydroxylation is 1. The number of hydrogen-bond donors (Lipinski definition) is 1. The van der Waals surface area contributed by atoms with Gasteiger partial charge in [0.2, 0.25) is 5.95 Å². The Hall–Kier alpha value is -4.37. The Bertz CT molecular complexity index is 1480. The zero-order chi connectivity index (χ0) is 21.9. The number of para-hydroxylation sites is 3. The molecule has 2 aromatic heterocycles. The molecule has 0 saturated heterocycles. The molecule has 32 heavy (non-hydrogen) atoms. The number of imidazole rings is 1. The van der Waals surface area contributed by atoms with Gasteiger partial charge in [0, 0.05) is 35.8 Å². The second kappa shape index (κ2) is 8.40. The van der Waals surface area contributed by atoms with E-state index in [-0.39, 0.29) is 0 Å². The molecule has 1 N–H and O–H groups in total. The minimum atomic E-state index is 0.622. The smallest absolute Gasteiger partial charge is 0.224 e. The summed E-state index contributed by atoms with van der Waals surface area (Å²) in [5.74, 6) is 0.719. The number of rotatable bonds is 6. The van der Waals surface area contributed by atoms with E-state index in [2.05, 4.69) is 62.0 Å². The summed E-state index contributed by atoms with van der Waals surface area (Å²) in [6.07, 6.45) is 3.90. The van der Waals surface area contributed by atoms with Gasteiger partial charge in [0.25, 0.3) is 0 Å². The van der Waals surface area contributed by atoms with Crippen LogP contribution in [0.25, 0.3) is 21.9 Å². The molecule has 0 radical (unpaired) electrons. The van der Waals surface area contributed by atoms with E-state index in [1.54, 1.807) is 0 Å². The van der Waals surface area contributed by atoms with Gasteiger partial charge in [0.15, 0.2) is 0 Å². The van der Waals surface area contributed by atoms with Gasteiger partial charge in [0.05, 0.1) is 28.9 Å². The van der Waals surface area contributed by atoms with Crippen LogP contribution in [0, 0.1) is 11.3 Å². The van der Waals surface area contributed by atoms with Crippen LogP contribution in [0.15, 0.2) is 84.1 Å². The van der Waals surface area contributed by atoms with Crippen LogP contribution in [-0.2, 0) is 13.1 Å². The van der Waals surface area contributed by atoms with Crippen molar-refractivity contribution in [3.8, 4) is 6.07 Å². The topological polar surface area (TPSA) is 70.9 Å². The monoisotopic (exact) mass is 418 g/mol. The largest absolute Gasteiger partial charge is 0.342 e.